The van der Waals surface area contributed by atoms with Gasteiger partial charge in [-0.05, 0) is 0 Å². The molecule has 7 heteroatoms. The van der Waals surface area contributed by atoms with Gasteiger partial charge in [-0.3, -0.25) is 0 Å². The molecule has 74 valence electrons. The van der Waals surface area contributed by atoms with Gasteiger partial charge in [0.1, 0.15) is 33.9 Å². The van der Waals surface area contributed by atoms with Crippen LogP contribution in [0.25, 0.3) is 0 Å². The van der Waals surface area contributed by atoms with E-state index in [0.29, 0.717) is 0 Å². The van der Waals surface area contributed by atoms with Crippen molar-refractivity contribution in [3.05, 3.63) is 0 Å². The van der Waals surface area contributed by atoms with Crippen molar-refractivity contribution in [3.8, 4) is 0 Å². The average molecular weight is 285 g/mol. The third kappa shape index (κ3) is 1540. The van der Waals surface area contributed by atoms with E-state index in [1.54, 1.807) is 0 Å². The van der Waals surface area contributed by atoms with Gasteiger partial charge >= 0.3 is 28.3 Å². The molecule has 0 aromatic heterocycles. The van der Waals surface area contributed by atoms with Crippen molar-refractivity contribution in [2.24, 2.45) is 0 Å². The zero-order valence-corrected chi connectivity index (χ0v) is 9.10. The summed E-state index contributed by atoms with van der Waals surface area (Å²) in [5.41, 5.74) is 0. The van der Waals surface area contributed by atoms with E-state index >= 15 is 0 Å². The Balaban J connectivity index is -0.00000000900. The molecule has 0 rings (SSSR count). The van der Waals surface area contributed by atoms with E-state index in [0.717, 1.165) is 0 Å². The second-order valence-corrected chi connectivity index (χ2v) is 0. The third-order valence-corrected chi connectivity index (χ3v) is 0. The van der Waals surface area contributed by atoms with Crippen molar-refractivity contribution >= 4 is 48.1 Å². The fraction of sp³-hybridized carbons (Fsp3) is 0. The molecular formula is C5H10BrMnO5. The van der Waals surface area contributed by atoms with E-state index in [2.05, 4.69) is 28.3 Å². The van der Waals surface area contributed by atoms with Crippen LogP contribution in [0.1, 0.15) is 0 Å². The summed E-state index contributed by atoms with van der Waals surface area (Å²) in [6.45, 7) is 10.0. The van der Waals surface area contributed by atoms with Gasteiger partial charge in [-0.1, -0.05) is 0 Å². The molecule has 0 aliphatic carbocycles. The minimum absolute atomic E-state index is 2.00. The molecule has 0 amide bonds. The van der Waals surface area contributed by atoms with Crippen LogP contribution in [0.4, 0.5) is 0 Å². The molecule has 0 saturated heterocycles. The summed E-state index contributed by atoms with van der Waals surface area (Å²) in [6, 6.07) is 0. The topological polar surface area (TPSA) is 85.3 Å². The van der Waals surface area contributed by atoms with Crippen LogP contribution in [0, 0.1) is 0 Å². The minimum atomic E-state index is 2.00. The third-order valence-electron chi connectivity index (χ3n) is 0. The first kappa shape index (κ1) is 42.5. The summed E-state index contributed by atoms with van der Waals surface area (Å²) in [4.78, 5) is 40.0. The fourth-order valence-electron chi connectivity index (χ4n) is 0. The molecule has 0 aliphatic heterocycles. The molecule has 0 fully saturated rings. The molecular weight excluding hydrogens is 275 g/mol. The van der Waals surface area contributed by atoms with Gasteiger partial charge in [-0.25, -0.2) is 0 Å². The Bertz CT molecular complexity index is 31.4. The van der Waals surface area contributed by atoms with Gasteiger partial charge in [0.2, 0.25) is 0 Å². The second kappa shape index (κ2) is 2140. The number of halogens is 1. The Morgan fingerprint density at radius 1 is 0.500 bits per heavy atom. The molecule has 12 heavy (non-hydrogen) atoms. The van der Waals surface area contributed by atoms with Crippen molar-refractivity contribution in [1.82, 2.24) is 0 Å². The van der Waals surface area contributed by atoms with Gasteiger partial charge in [0.15, 0.2) is 0 Å². The van der Waals surface area contributed by atoms with E-state index in [1.165, 1.54) is 0 Å². The molecule has 0 heterocycles. The van der Waals surface area contributed by atoms with Crippen molar-refractivity contribution in [1.29, 1.82) is 0 Å². The van der Waals surface area contributed by atoms with Crippen LogP contribution < -0.4 is 0 Å². The van der Waals surface area contributed by atoms with Crippen LogP contribution in [0.5, 0.6) is 0 Å². The Morgan fingerprint density at radius 3 is 0.500 bits per heavy atom. The molecule has 0 bridgehead atoms. The molecule has 0 unspecified atom stereocenters. The number of carbonyl (C=O) groups is 5. The first-order valence-electron chi connectivity index (χ1n) is 1.59. The Kier molecular flexibility index (Phi) is 7570. The first-order valence-corrected chi connectivity index (χ1v) is 4.50. The first-order chi connectivity index (χ1) is 6.00. The van der Waals surface area contributed by atoms with Gasteiger partial charge < -0.3 is 24.0 Å². The predicted octanol–water partition coefficient (Wildman–Crippen LogP) is -0.0814. The molecule has 0 spiro atoms. The monoisotopic (exact) mass is 284 g/mol. The van der Waals surface area contributed by atoms with Gasteiger partial charge in [0.05, 0.1) is 0 Å². The summed E-state index contributed by atoms with van der Waals surface area (Å²) < 4.78 is 0. The van der Waals surface area contributed by atoms with Gasteiger partial charge in [0.25, 0.3) is 0 Å². The van der Waals surface area contributed by atoms with Crippen molar-refractivity contribution in [2.45, 2.75) is 0 Å². The van der Waals surface area contributed by atoms with E-state index in [1.807, 2.05) is 33.9 Å². The van der Waals surface area contributed by atoms with Crippen LogP contribution in [0.2, 0.25) is 0 Å². The number of rotatable bonds is 0. The fourth-order valence-corrected chi connectivity index (χ4v) is 0. The zero-order valence-electron chi connectivity index (χ0n) is 6.33. The van der Waals surface area contributed by atoms with Crippen LogP contribution in [0.3, 0.4) is 0 Å². The van der Waals surface area contributed by atoms with Crippen LogP contribution >= 0.6 is 14.1 Å². The van der Waals surface area contributed by atoms with E-state index in [-0.39, 0.29) is 0 Å². The Morgan fingerprint density at radius 2 is 0.500 bits per heavy atom. The van der Waals surface area contributed by atoms with Crippen molar-refractivity contribution in [3.63, 3.8) is 0 Å². The molecule has 0 N–H and O–H groups in total. The Labute approximate surface area is 86.4 Å². The summed E-state index contributed by atoms with van der Waals surface area (Å²) in [7, 11) is 0. The summed E-state index contributed by atoms with van der Waals surface area (Å²) in [6.07, 6.45) is 0. The maximum absolute atomic E-state index is 8.00. The van der Waals surface area contributed by atoms with E-state index in [4.69, 9.17) is 24.0 Å². The van der Waals surface area contributed by atoms with Gasteiger partial charge in [0, 0.05) is 0 Å². The predicted molar refractivity (Wildman–Crippen MR) is 44.5 cm³/mol. The van der Waals surface area contributed by atoms with Gasteiger partial charge in [-0.2, -0.15) is 0 Å². The SMILES string of the molecule is C=O.C=O.C=O.C=O.C=O.[Mn][Br]. The second-order valence-electron chi connectivity index (χ2n) is 0. The molecule has 5 nitrogen and oxygen atoms in total. The van der Waals surface area contributed by atoms with Crippen molar-refractivity contribution < 1.29 is 38.2 Å². The number of carbonyl (C=O) groups excluding carboxylic acids is 5. The molecule has 0 saturated carbocycles. The van der Waals surface area contributed by atoms with E-state index < -0.39 is 0 Å². The van der Waals surface area contributed by atoms with Crippen molar-refractivity contribution in [2.75, 3.05) is 0 Å². The average Bonchev–Trinajstić information content (AvgIpc) is 2.33. The summed E-state index contributed by atoms with van der Waals surface area (Å²) >= 11 is 5.50. The molecule has 0 aromatic rings. The van der Waals surface area contributed by atoms with Crippen LogP contribution in [-0.2, 0) is 38.2 Å². The summed E-state index contributed by atoms with van der Waals surface area (Å²) in [5, 5.41) is 0. The van der Waals surface area contributed by atoms with Gasteiger partial charge in [-0.15, -0.1) is 0 Å². The molecule has 0 aliphatic rings. The van der Waals surface area contributed by atoms with Crippen LogP contribution in [-0.4, -0.2) is 33.9 Å². The molecule has 0 radical (unpaired) electrons. The number of hydrogen-bond acceptors (Lipinski definition) is 5. The maximum atomic E-state index is 8.00. The Hall–Kier alpha value is -0.651. The normalized spacial score (nSPS) is 2.17. The summed E-state index contributed by atoms with van der Waals surface area (Å²) in [5.74, 6) is 0. The standard InChI is InChI=1S/5CH2O.BrH.Mn/c5*1-2;;/h5*1H2;1H;/q;;;;;;+1/p-1. The number of hydrogen-bond donors (Lipinski definition) is 0. The van der Waals surface area contributed by atoms with Crippen LogP contribution in [0.15, 0.2) is 0 Å². The quantitative estimate of drug-likeness (QED) is 0.581. The van der Waals surface area contributed by atoms with E-state index in [9.17, 15) is 0 Å². The molecule has 0 atom stereocenters. The zero-order chi connectivity index (χ0) is 12.0. The molecule has 0 aromatic carbocycles.